The van der Waals surface area contributed by atoms with Crippen LogP contribution >= 0.6 is 0 Å². The molecular formula is C32H36FNO7. The number of phenols is 1. The minimum atomic E-state index is -1.47. The third kappa shape index (κ3) is 6.00. The summed E-state index contributed by atoms with van der Waals surface area (Å²) in [6.45, 7) is 1.45. The highest BCUT2D eigenvalue weighted by molar-refractivity contribution is 6.03. The standard InChI is InChI=1S/C32H36FNO7/c1-18-5-12-22(13-6-18)34-28(24(32(34)40)4-2-3-19-7-10-21(33)11-8-19)23-14-9-20(15-25(23)36)16-26-29(37)31(39)30(38)27(17-35)41-26/h5-15,24,26-31,35-39H,2-4,16-17H2,1H3/t24-,26+,27?,28-,29?,30+,31-/m1/s1. The first-order valence-corrected chi connectivity index (χ1v) is 13.9. The van der Waals surface area contributed by atoms with E-state index in [2.05, 4.69) is 0 Å². The maximum Gasteiger partial charge on any atom is 0.233 e. The van der Waals surface area contributed by atoms with Gasteiger partial charge in [-0.2, -0.15) is 0 Å². The normalized spacial score (nSPS) is 28.0. The van der Waals surface area contributed by atoms with Gasteiger partial charge in [0.25, 0.3) is 0 Å². The molecule has 8 nitrogen and oxygen atoms in total. The summed E-state index contributed by atoms with van der Waals surface area (Å²) in [6, 6.07) is 18.7. The summed E-state index contributed by atoms with van der Waals surface area (Å²) in [5.74, 6) is -0.672. The highest BCUT2D eigenvalue weighted by atomic mass is 19.1. The molecule has 5 rings (SSSR count). The van der Waals surface area contributed by atoms with Crippen molar-refractivity contribution < 1.29 is 39.5 Å². The number of aliphatic hydroxyl groups is 4. The number of aryl methyl sites for hydroxylation is 2. The van der Waals surface area contributed by atoms with Gasteiger partial charge in [0.15, 0.2) is 0 Å². The molecule has 2 unspecified atom stereocenters. The first-order valence-electron chi connectivity index (χ1n) is 13.9. The number of rotatable bonds is 9. The van der Waals surface area contributed by atoms with E-state index in [0.29, 0.717) is 24.0 Å². The number of hydrogen-bond donors (Lipinski definition) is 5. The molecule has 0 saturated carbocycles. The molecule has 218 valence electrons. The number of phenolic OH excluding ortho intramolecular Hbond substituents is 1. The molecule has 2 saturated heterocycles. The van der Waals surface area contributed by atoms with E-state index in [9.17, 15) is 34.7 Å². The van der Waals surface area contributed by atoms with E-state index in [1.54, 1.807) is 35.2 Å². The minimum Gasteiger partial charge on any atom is -0.508 e. The Morgan fingerprint density at radius 3 is 2.20 bits per heavy atom. The van der Waals surface area contributed by atoms with Crippen LogP contribution in [0.25, 0.3) is 0 Å². The molecule has 0 aliphatic carbocycles. The first kappa shape index (κ1) is 29.2. The monoisotopic (exact) mass is 565 g/mol. The van der Waals surface area contributed by atoms with Crippen molar-refractivity contribution in [2.75, 3.05) is 11.5 Å². The molecule has 41 heavy (non-hydrogen) atoms. The molecule has 5 N–H and O–H groups in total. The fraction of sp³-hybridized carbons (Fsp3) is 0.406. The van der Waals surface area contributed by atoms with Gasteiger partial charge in [0.1, 0.15) is 36.0 Å². The fourth-order valence-corrected chi connectivity index (χ4v) is 5.90. The van der Waals surface area contributed by atoms with Crippen LogP contribution in [0.4, 0.5) is 10.1 Å². The number of hydrogen-bond acceptors (Lipinski definition) is 7. The van der Waals surface area contributed by atoms with Crippen LogP contribution in [-0.4, -0.2) is 68.6 Å². The number of halogens is 1. The van der Waals surface area contributed by atoms with E-state index in [1.807, 2.05) is 31.2 Å². The zero-order valence-electron chi connectivity index (χ0n) is 22.8. The number of nitrogens with zero attached hydrogens (tertiary/aromatic N) is 1. The fourth-order valence-electron chi connectivity index (χ4n) is 5.90. The van der Waals surface area contributed by atoms with Crippen LogP contribution in [0.2, 0.25) is 0 Å². The molecule has 0 spiro atoms. The molecular weight excluding hydrogens is 529 g/mol. The number of ether oxygens (including phenoxy) is 1. The molecule has 3 aromatic rings. The molecule has 7 atom stereocenters. The average Bonchev–Trinajstić information content (AvgIpc) is 2.96. The van der Waals surface area contributed by atoms with Crippen molar-refractivity contribution in [2.24, 2.45) is 5.92 Å². The Balaban J connectivity index is 1.35. The van der Waals surface area contributed by atoms with E-state index in [1.165, 1.54) is 12.1 Å². The van der Waals surface area contributed by atoms with Gasteiger partial charge in [-0.15, -0.1) is 0 Å². The average molecular weight is 566 g/mol. The second-order valence-corrected chi connectivity index (χ2v) is 11.1. The molecule has 2 aliphatic heterocycles. The zero-order chi connectivity index (χ0) is 29.3. The van der Waals surface area contributed by atoms with Crippen molar-refractivity contribution in [3.63, 3.8) is 0 Å². The maximum atomic E-state index is 13.4. The van der Waals surface area contributed by atoms with Gasteiger partial charge in [-0.1, -0.05) is 42.0 Å². The number of β-lactam (4-membered cyclic amide) rings is 1. The third-order valence-corrected chi connectivity index (χ3v) is 8.26. The highest BCUT2D eigenvalue weighted by Gasteiger charge is 2.49. The second kappa shape index (κ2) is 12.3. The molecule has 3 aromatic carbocycles. The molecule has 2 heterocycles. The summed E-state index contributed by atoms with van der Waals surface area (Å²) in [7, 11) is 0. The van der Waals surface area contributed by atoms with Crippen LogP contribution in [0.15, 0.2) is 66.7 Å². The van der Waals surface area contributed by atoms with Crippen molar-refractivity contribution in [1.82, 2.24) is 0 Å². The van der Waals surface area contributed by atoms with Gasteiger partial charge in [-0.3, -0.25) is 4.79 Å². The summed E-state index contributed by atoms with van der Waals surface area (Å²) in [6.07, 6.45) is -4.06. The van der Waals surface area contributed by atoms with Crippen LogP contribution in [-0.2, 0) is 22.4 Å². The summed E-state index contributed by atoms with van der Waals surface area (Å²) in [5.41, 5.74) is 4.01. The number of anilines is 1. The van der Waals surface area contributed by atoms with Crippen molar-refractivity contribution in [2.45, 2.75) is 69.2 Å². The molecule has 0 bridgehead atoms. The lowest BCUT2D eigenvalue weighted by molar-refractivity contribution is -0.228. The SMILES string of the molecule is Cc1ccc(N2C(=O)[C@H](CCCc3ccc(F)cc3)[C@H]2c2ccc(C[C@@H]3OC(CO)[C@H](O)[C@H](O)C3O)cc2O)cc1. The lowest BCUT2D eigenvalue weighted by Gasteiger charge is -2.48. The molecule has 1 amide bonds. The Kier molecular flexibility index (Phi) is 8.72. The number of carbonyl (C=O) groups excluding carboxylic acids is 1. The van der Waals surface area contributed by atoms with Crippen LogP contribution in [0.3, 0.4) is 0 Å². The van der Waals surface area contributed by atoms with Gasteiger partial charge in [0.2, 0.25) is 5.91 Å². The number of aliphatic hydroxyl groups excluding tert-OH is 4. The maximum absolute atomic E-state index is 13.4. The van der Waals surface area contributed by atoms with Gasteiger partial charge < -0.3 is 35.2 Å². The van der Waals surface area contributed by atoms with Gasteiger partial charge in [-0.25, -0.2) is 4.39 Å². The van der Waals surface area contributed by atoms with E-state index < -0.39 is 37.1 Å². The van der Waals surface area contributed by atoms with Gasteiger partial charge in [0.05, 0.1) is 24.7 Å². The Bertz CT molecular complexity index is 1350. The van der Waals surface area contributed by atoms with Gasteiger partial charge in [-0.05, 0) is 67.6 Å². The van der Waals surface area contributed by atoms with Crippen molar-refractivity contribution in [3.05, 3.63) is 94.8 Å². The van der Waals surface area contributed by atoms with Crippen LogP contribution in [0.5, 0.6) is 5.75 Å². The Hall–Kier alpha value is -3.34. The van der Waals surface area contributed by atoms with Crippen LogP contribution < -0.4 is 4.90 Å². The zero-order valence-corrected chi connectivity index (χ0v) is 22.8. The van der Waals surface area contributed by atoms with E-state index in [0.717, 1.165) is 23.2 Å². The summed E-state index contributed by atoms with van der Waals surface area (Å²) >= 11 is 0. The van der Waals surface area contributed by atoms with Crippen LogP contribution in [0, 0.1) is 18.7 Å². The largest absolute Gasteiger partial charge is 0.508 e. The quantitative estimate of drug-likeness (QED) is 0.252. The Labute approximate surface area is 238 Å². The van der Waals surface area contributed by atoms with Crippen LogP contribution in [0.1, 0.15) is 41.1 Å². The lowest BCUT2D eigenvalue weighted by Crippen LogP contribution is -2.59. The minimum absolute atomic E-state index is 0.00904. The van der Waals surface area contributed by atoms with Crippen molar-refractivity contribution >= 4 is 11.6 Å². The molecule has 0 aromatic heterocycles. The molecule has 2 fully saturated rings. The first-order chi connectivity index (χ1) is 19.7. The smallest absolute Gasteiger partial charge is 0.233 e. The van der Waals surface area contributed by atoms with Gasteiger partial charge >= 0.3 is 0 Å². The Morgan fingerprint density at radius 1 is 0.878 bits per heavy atom. The number of aromatic hydroxyl groups is 1. The molecule has 0 radical (unpaired) electrons. The number of carbonyl (C=O) groups is 1. The third-order valence-electron chi connectivity index (χ3n) is 8.26. The van der Waals surface area contributed by atoms with Crippen molar-refractivity contribution in [3.8, 4) is 5.75 Å². The summed E-state index contributed by atoms with van der Waals surface area (Å²) < 4.78 is 18.9. The number of amides is 1. The topological polar surface area (TPSA) is 131 Å². The van der Waals surface area contributed by atoms with E-state index in [4.69, 9.17) is 4.74 Å². The van der Waals surface area contributed by atoms with E-state index >= 15 is 0 Å². The van der Waals surface area contributed by atoms with Crippen molar-refractivity contribution in [1.29, 1.82) is 0 Å². The molecule has 2 aliphatic rings. The second-order valence-electron chi connectivity index (χ2n) is 11.1. The Morgan fingerprint density at radius 2 is 1.54 bits per heavy atom. The molecule has 9 heteroatoms. The van der Waals surface area contributed by atoms with Gasteiger partial charge in [0, 0.05) is 17.7 Å². The predicted molar refractivity (Wildman–Crippen MR) is 150 cm³/mol. The van der Waals surface area contributed by atoms with E-state index in [-0.39, 0.29) is 35.9 Å². The highest BCUT2D eigenvalue weighted by Crippen LogP contribution is 2.48. The lowest BCUT2D eigenvalue weighted by atomic mass is 9.78. The number of benzene rings is 3. The summed E-state index contributed by atoms with van der Waals surface area (Å²) in [4.78, 5) is 15.1. The predicted octanol–water partition coefficient (Wildman–Crippen LogP) is 2.95. The summed E-state index contributed by atoms with van der Waals surface area (Å²) in [5, 5.41) is 51.2.